The highest BCUT2D eigenvalue weighted by molar-refractivity contribution is 7.97. The molecular formula is C17H20N4OS. The number of amides is 1. The molecule has 2 aliphatic rings. The smallest absolute Gasteiger partial charge is 0.255 e. The molecule has 1 fully saturated rings. The number of fused-ring (bicyclic) bond motifs is 1. The minimum Gasteiger partial charge on any atom is -0.336 e. The van der Waals surface area contributed by atoms with Crippen LogP contribution in [-0.2, 0) is 11.6 Å². The van der Waals surface area contributed by atoms with Crippen molar-refractivity contribution in [1.82, 2.24) is 19.4 Å². The van der Waals surface area contributed by atoms with Crippen LogP contribution in [0.3, 0.4) is 0 Å². The quantitative estimate of drug-likeness (QED) is 0.847. The van der Waals surface area contributed by atoms with Crippen LogP contribution in [-0.4, -0.2) is 58.5 Å². The monoisotopic (exact) mass is 328 g/mol. The summed E-state index contributed by atoms with van der Waals surface area (Å²) >= 11 is 1.86. The molecule has 6 heteroatoms. The summed E-state index contributed by atoms with van der Waals surface area (Å²) in [6.07, 6.45) is 3.65. The number of piperazine rings is 1. The Morgan fingerprint density at radius 3 is 2.83 bits per heavy atom. The lowest BCUT2D eigenvalue weighted by Crippen LogP contribution is -2.47. The molecule has 2 aromatic heterocycles. The Morgan fingerprint density at radius 2 is 2.09 bits per heavy atom. The highest BCUT2D eigenvalue weighted by Gasteiger charge is 2.28. The van der Waals surface area contributed by atoms with Crippen molar-refractivity contribution in [3.8, 4) is 11.3 Å². The number of likely N-dealkylation sites (N-methyl/N-ethyl adjacent to an activating group) is 1. The van der Waals surface area contributed by atoms with Gasteiger partial charge in [0.25, 0.3) is 5.91 Å². The Labute approximate surface area is 140 Å². The highest BCUT2D eigenvalue weighted by atomic mass is 32.2. The molecule has 2 aromatic rings. The molecule has 0 spiro atoms. The van der Waals surface area contributed by atoms with Crippen molar-refractivity contribution < 1.29 is 4.79 Å². The summed E-state index contributed by atoms with van der Waals surface area (Å²) in [7, 11) is 2.11. The molecule has 4 rings (SSSR count). The SMILES string of the molecule is CN1CCN(C(=O)c2cc(-c3cccnc3)n3c2CSC3)CC1. The molecule has 4 heterocycles. The zero-order valence-electron chi connectivity index (χ0n) is 13.2. The van der Waals surface area contributed by atoms with Crippen molar-refractivity contribution >= 4 is 17.7 Å². The van der Waals surface area contributed by atoms with Crippen LogP contribution in [0.5, 0.6) is 0 Å². The Bertz CT molecular complexity index is 720. The van der Waals surface area contributed by atoms with E-state index in [9.17, 15) is 4.79 Å². The van der Waals surface area contributed by atoms with E-state index >= 15 is 0 Å². The van der Waals surface area contributed by atoms with Gasteiger partial charge in [-0.1, -0.05) is 0 Å². The Morgan fingerprint density at radius 1 is 1.26 bits per heavy atom. The maximum atomic E-state index is 13.0. The van der Waals surface area contributed by atoms with Crippen LogP contribution in [0.1, 0.15) is 16.1 Å². The molecular weight excluding hydrogens is 308 g/mol. The van der Waals surface area contributed by atoms with Crippen molar-refractivity contribution in [3.63, 3.8) is 0 Å². The molecule has 0 saturated carbocycles. The third-order valence-electron chi connectivity index (χ3n) is 4.65. The number of carbonyl (C=O) groups is 1. The van der Waals surface area contributed by atoms with Crippen molar-refractivity contribution in [2.45, 2.75) is 11.6 Å². The van der Waals surface area contributed by atoms with Gasteiger partial charge in [0.05, 0.1) is 17.1 Å². The molecule has 1 saturated heterocycles. The second-order valence-corrected chi connectivity index (χ2v) is 7.09. The molecule has 0 atom stereocenters. The van der Waals surface area contributed by atoms with E-state index in [0.717, 1.165) is 60.3 Å². The average Bonchev–Trinajstić information content (AvgIpc) is 3.18. The van der Waals surface area contributed by atoms with Crippen molar-refractivity contribution in [2.24, 2.45) is 0 Å². The van der Waals surface area contributed by atoms with Crippen LogP contribution in [0, 0.1) is 0 Å². The number of aromatic nitrogens is 2. The summed E-state index contributed by atoms with van der Waals surface area (Å²) in [5.74, 6) is 2.00. The molecule has 1 amide bonds. The summed E-state index contributed by atoms with van der Waals surface area (Å²) in [6.45, 7) is 3.53. The van der Waals surface area contributed by atoms with Crippen molar-refractivity contribution in [2.75, 3.05) is 33.2 Å². The molecule has 0 bridgehead atoms. The van der Waals surface area contributed by atoms with Gasteiger partial charge >= 0.3 is 0 Å². The van der Waals surface area contributed by atoms with Gasteiger partial charge in [-0.3, -0.25) is 9.78 Å². The minimum atomic E-state index is 0.180. The first kappa shape index (κ1) is 14.8. The third kappa shape index (κ3) is 2.66. The fourth-order valence-corrected chi connectivity index (χ4v) is 4.32. The van der Waals surface area contributed by atoms with E-state index in [1.807, 2.05) is 28.9 Å². The molecule has 5 nitrogen and oxygen atoms in total. The van der Waals surface area contributed by atoms with Crippen LogP contribution in [0.2, 0.25) is 0 Å². The summed E-state index contributed by atoms with van der Waals surface area (Å²) in [4.78, 5) is 21.5. The van der Waals surface area contributed by atoms with Gasteiger partial charge in [-0.05, 0) is 25.2 Å². The summed E-state index contributed by atoms with van der Waals surface area (Å²) in [5.41, 5.74) is 4.22. The molecule has 2 aliphatic heterocycles. The van der Waals surface area contributed by atoms with Gasteiger partial charge in [-0.25, -0.2) is 0 Å². The largest absolute Gasteiger partial charge is 0.336 e. The predicted molar refractivity (Wildman–Crippen MR) is 92.4 cm³/mol. The maximum absolute atomic E-state index is 13.0. The van der Waals surface area contributed by atoms with Gasteiger partial charge in [-0.2, -0.15) is 0 Å². The second kappa shape index (κ2) is 6.02. The van der Waals surface area contributed by atoms with Gasteiger partial charge in [-0.15, -0.1) is 11.8 Å². The lowest BCUT2D eigenvalue weighted by Gasteiger charge is -2.32. The molecule has 0 N–H and O–H groups in total. The van der Waals surface area contributed by atoms with E-state index in [4.69, 9.17) is 0 Å². The molecule has 0 radical (unpaired) electrons. The fraction of sp³-hybridized carbons (Fsp3) is 0.412. The minimum absolute atomic E-state index is 0.180. The first-order valence-corrected chi connectivity index (χ1v) is 9.08. The van der Waals surface area contributed by atoms with Gasteiger partial charge in [0.15, 0.2) is 0 Å². The Kier molecular flexibility index (Phi) is 3.87. The number of nitrogens with zero attached hydrogens (tertiary/aromatic N) is 4. The van der Waals surface area contributed by atoms with E-state index in [1.54, 1.807) is 6.20 Å². The van der Waals surface area contributed by atoms with Gasteiger partial charge in [0.1, 0.15) is 0 Å². The van der Waals surface area contributed by atoms with Crippen LogP contribution in [0.4, 0.5) is 0 Å². The zero-order chi connectivity index (χ0) is 15.8. The predicted octanol–water partition coefficient (Wildman–Crippen LogP) is 2.14. The molecule has 23 heavy (non-hydrogen) atoms. The maximum Gasteiger partial charge on any atom is 0.255 e. The zero-order valence-corrected chi connectivity index (χ0v) is 14.1. The number of hydrogen-bond acceptors (Lipinski definition) is 4. The standard InChI is InChI=1S/C17H20N4OS/c1-19-5-7-20(8-6-19)17(22)14-9-15(13-3-2-4-18-10-13)21-12-23-11-16(14)21/h2-4,9-10H,5-8,11-12H2,1H3. The molecule has 0 aliphatic carbocycles. The van der Waals surface area contributed by atoms with Crippen LogP contribution in [0.25, 0.3) is 11.3 Å². The first-order valence-electron chi connectivity index (χ1n) is 7.92. The van der Waals surface area contributed by atoms with E-state index < -0.39 is 0 Å². The number of thioether (sulfide) groups is 1. The normalized spacial score (nSPS) is 18.2. The molecule has 0 aromatic carbocycles. The Hall–Kier alpha value is -1.79. The lowest BCUT2D eigenvalue weighted by molar-refractivity contribution is 0.0663. The van der Waals surface area contributed by atoms with Gasteiger partial charge in [0, 0.05) is 55.6 Å². The van der Waals surface area contributed by atoms with Gasteiger partial charge < -0.3 is 14.4 Å². The molecule has 120 valence electrons. The van der Waals surface area contributed by atoms with E-state index in [0.29, 0.717) is 0 Å². The van der Waals surface area contributed by atoms with E-state index in [2.05, 4.69) is 33.6 Å². The van der Waals surface area contributed by atoms with Crippen LogP contribution >= 0.6 is 11.8 Å². The number of pyridine rings is 1. The fourth-order valence-electron chi connectivity index (χ4n) is 3.24. The average molecular weight is 328 g/mol. The first-order chi connectivity index (χ1) is 11.2. The third-order valence-corrected chi connectivity index (χ3v) is 5.56. The number of hydrogen-bond donors (Lipinski definition) is 0. The van der Waals surface area contributed by atoms with Crippen LogP contribution < -0.4 is 0 Å². The lowest BCUT2D eigenvalue weighted by atomic mass is 10.1. The van der Waals surface area contributed by atoms with E-state index in [1.165, 1.54) is 0 Å². The van der Waals surface area contributed by atoms with Crippen molar-refractivity contribution in [3.05, 3.63) is 41.9 Å². The van der Waals surface area contributed by atoms with Crippen molar-refractivity contribution in [1.29, 1.82) is 0 Å². The van der Waals surface area contributed by atoms with Crippen LogP contribution in [0.15, 0.2) is 30.6 Å². The summed E-state index contributed by atoms with van der Waals surface area (Å²) < 4.78 is 2.27. The topological polar surface area (TPSA) is 41.4 Å². The highest BCUT2D eigenvalue weighted by Crippen LogP contribution is 2.35. The van der Waals surface area contributed by atoms with E-state index in [-0.39, 0.29) is 5.91 Å². The summed E-state index contributed by atoms with van der Waals surface area (Å²) in [5, 5.41) is 0. The van der Waals surface area contributed by atoms with Gasteiger partial charge in [0.2, 0.25) is 0 Å². The second-order valence-electron chi connectivity index (χ2n) is 6.13. The number of carbonyl (C=O) groups excluding carboxylic acids is 1. The Balaban J connectivity index is 1.68. The summed E-state index contributed by atoms with van der Waals surface area (Å²) in [6, 6.07) is 6.06. The molecule has 0 unspecified atom stereocenters. The number of rotatable bonds is 2.